The summed E-state index contributed by atoms with van der Waals surface area (Å²) in [5.41, 5.74) is 0.858. The lowest BCUT2D eigenvalue weighted by atomic mass is 10.1. The number of hydrogen-bond donors (Lipinski definition) is 0. The molecule has 3 aromatic heterocycles. The largest absolute Gasteiger partial charge is 0.493 e. The highest BCUT2D eigenvalue weighted by atomic mass is 32.1. The van der Waals surface area contributed by atoms with Gasteiger partial charge in [-0.25, -0.2) is 4.98 Å². The highest BCUT2D eigenvalue weighted by Crippen LogP contribution is 2.36. The van der Waals surface area contributed by atoms with Crippen molar-refractivity contribution in [1.82, 2.24) is 24.7 Å². The highest BCUT2D eigenvalue weighted by molar-refractivity contribution is 7.22. The number of aromatic nitrogens is 5. The van der Waals surface area contributed by atoms with Gasteiger partial charge >= 0.3 is 0 Å². The normalized spacial score (nSPS) is 14.1. The Balaban J connectivity index is 1.43. The van der Waals surface area contributed by atoms with Gasteiger partial charge in [0.25, 0.3) is 5.56 Å². The van der Waals surface area contributed by atoms with E-state index in [1.165, 1.54) is 22.2 Å². The van der Waals surface area contributed by atoms with E-state index in [1.807, 2.05) is 6.07 Å². The molecule has 0 aliphatic carbocycles. The van der Waals surface area contributed by atoms with Gasteiger partial charge in [-0.05, 0) is 12.1 Å². The van der Waals surface area contributed by atoms with Crippen molar-refractivity contribution in [3.05, 3.63) is 40.8 Å². The fourth-order valence-corrected chi connectivity index (χ4v) is 4.50. The quantitative estimate of drug-likeness (QED) is 0.425. The first-order valence-electron chi connectivity index (χ1n) is 9.90. The molecule has 0 saturated carbocycles. The third-order valence-electron chi connectivity index (χ3n) is 5.07. The van der Waals surface area contributed by atoms with Gasteiger partial charge in [0.1, 0.15) is 17.6 Å². The van der Waals surface area contributed by atoms with E-state index in [0.717, 1.165) is 18.2 Å². The van der Waals surface area contributed by atoms with Crippen LogP contribution in [0.15, 0.2) is 33.8 Å². The topological polar surface area (TPSA) is 118 Å². The number of benzene rings is 1. The number of rotatable bonds is 6. The minimum atomic E-state index is -0.203. The number of para-hydroxylation sites is 1. The lowest BCUT2D eigenvalue weighted by molar-refractivity contribution is 0.122. The summed E-state index contributed by atoms with van der Waals surface area (Å²) in [4.78, 5) is 28.4. The molecule has 166 valence electrons. The van der Waals surface area contributed by atoms with Crippen LogP contribution in [0.2, 0.25) is 0 Å². The number of thiazole rings is 1. The molecule has 1 saturated heterocycles. The summed E-state index contributed by atoms with van der Waals surface area (Å²) in [5.74, 6) is 1.67. The molecule has 1 aliphatic rings. The van der Waals surface area contributed by atoms with Crippen molar-refractivity contribution in [2.45, 2.75) is 6.54 Å². The molecular weight excluding hydrogens is 436 g/mol. The number of morpholine rings is 1. The molecule has 5 rings (SSSR count). The maximum absolute atomic E-state index is 13.0. The van der Waals surface area contributed by atoms with Crippen molar-refractivity contribution in [3.8, 4) is 22.9 Å². The van der Waals surface area contributed by atoms with Crippen LogP contribution in [0.3, 0.4) is 0 Å². The van der Waals surface area contributed by atoms with Crippen molar-refractivity contribution < 1.29 is 18.7 Å². The second kappa shape index (κ2) is 8.55. The van der Waals surface area contributed by atoms with Gasteiger partial charge in [-0.1, -0.05) is 22.6 Å². The van der Waals surface area contributed by atoms with Crippen LogP contribution in [0.5, 0.6) is 11.5 Å². The van der Waals surface area contributed by atoms with E-state index in [9.17, 15) is 4.79 Å². The van der Waals surface area contributed by atoms with Crippen molar-refractivity contribution in [2.24, 2.45) is 0 Å². The first kappa shape index (κ1) is 20.4. The molecule has 0 N–H and O–H groups in total. The minimum Gasteiger partial charge on any atom is -0.493 e. The second-order valence-corrected chi connectivity index (χ2v) is 7.96. The van der Waals surface area contributed by atoms with E-state index >= 15 is 0 Å². The Morgan fingerprint density at radius 2 is 2.00 bits per heavy atom. The van der Waals surface area contributed by atoms with Gasteiger partial charge in [-0.2, -0.15) is 9.97 Å². The van der Waals surface area contributed by atoms with Crippen LogP contribution < -0.4 is 19.9 Å². The van der Waals surface area contributed by atoms with E-state index in [4.69, 9.17) is 18.7 Å². The molecule has 0 atom stereocenters. The second-order valence-electron chi connectivity index (χ2n) is 6.98. The van der Waals surface area contributed by atoms with Crippen LogP contribution in [-0.2, 0) is 11.3 Å². The van der Waals surface area contributed by atoms with E-state index in [2.05, 4.69) is 25.0 Å². The Kier molecular flexibility index (Phi) is 5.45. The number of nitrogens with zero attached hydrogens (tertiary/aromatic N) is 6. The van der Waals surface area contributed by atoms with Gasteiger partial charge < -0.3 is 23.6 Å². The Morgan fingerprint density at radius 1 is 1.16 bits per heavy atom. The lowest BCUT2D eigenvalue weighted by Gasteiger charge is -2.25. The average Bonchev–Trinajstić information content (AvgIpc) is 3.48. The van der Waals surface area contributed by atoms with E-state index in [-0.39, 0.29) is 18.0 Å². The third-order valence-corrected chi connectivity index (χ3v) is 6.17. The molecular formula is C20H20N6O5S. The van der Waals surface area contributed by atoms with Crippen LogP contribution in [0, 0.1) is 0 Å². The Labute approximate surface area is 186 Å². The monoisotopic (exact) mass is 456 g/mol. The molecule has 0 bridgehead atoms. The molecule has 0 spiro atoms. The molecule has 32 heavy (non-hydrogen) atoms. The number of hydrogen-bond acceptors (Lipinski definition) is 11. The van der Waals surface area contributed by atoms with Gasteiger partial charge in [0.2, 0.25) is 11.7 Å². The minimum absolute atomic E-state index is 0.0891. The zero-order valence-corrected chi connectivity index (χ0v) is 18.3. The maximum atomic E-state index is 13.0. The molecule has 1 aromatic carbocycles. The molecule has 1 fully saturated rings. The van der Waals surface area contributed by atoms with Crippen molar-refractivity contribution in [3.63, 3.8) is 0 Å². The van der Waals surface area contributed by atoms with Gasteiger partial charge in [0.15, 0.2) is 22.3 Å². The summed E-state index contributed by atoms with van der Waals surface area (Å²) in [7, 11) is 3.10. The standard InChI is InChI=1S/C20H20N6O5S/c1-28-13-5-3-4-12(15(13)29-2)17-22-14(31-24-17)10-26-11-21-18-16(19(26)27)32-20(23-18)25-6-8-30-9-7-25/h3-5,11H,6-10H2,1-2H3. The third kappa shape index (κ3) is 3.67. The van der Waals surface area contributed by atoms with Gasteiger partial charge in [0.05, 0.1) is 33.0 Å². The van der Waals surface area contributed by atoms with Crippen LogP contribution in [0.4, 0.5) is 5.13 Å². The fraction of sp³-hybridized carbons (Fsp3) is 0.350. The first-order chi connectivity index (χ1) is 15.7. The van der Waals surface area contributed by atoms with Crippen LogP contribution >= 0.6 is 11.3 Å². The maximum Gasteiger partial charge on any atom is 0.273 e. The fourth-order valence-electron chi connectivity index (χ4n) is 3.48. The molecule has 0 radical (unpaired) electrons. The molecule has 4 aromatic rings. The summed E-state index contributed by atoms with van der Waals surface area (Å²) >= 11 is 1.33. The molecule has 4 heterocycles. The predicted molar refractivity (Wildman–Crippen MR) is 117 cm³/mol. The summed E-state index contributed by atoms with van der Waals surface area (Å²) in [6.45, 7) is 2.86. The summed E-state index contributed by atoms with van der Waals surface area (Å²) in [5, 5.41) is 4.81. The molecule has 11 nitrogen and oxygen atoms in total. The van der Waals surface area contributed by atoms with Crippen LogP contribution in [-0.4, -0.2) is 65.2 Å². The Morgan fingerprint density at radius 3 is 2.78 bits per heavy atom. The van der Waals surface area contributed by atoms with Gasteiger partial charge in [0, 0.05) is 13.1 Å². The SMILES string of the molecule is COc1cccc(-c2noc(Cn3cnc4nc(N5CCOCC5)sc4c3=O)n2)c1OC. The molecule has 0 amide bonds. The van der Waals surface area contributed by atoms with E-state index in [0.29, 0.717) is 46.4 Å². The number of fused-ring (bicyclic) bond motifs is 1. The van der Waals surface area contributed by atoms with Crippen molar-refractivity contribution >= 4 is 26.8 Å². The molecule has 0 unspecified atom stereocenters. The van der Waals surface area contributed by atoms with Gasteiger partial charge in [-0.15, -0.1) is 0 Å². The van der Waals surface area contributed by atoms with Crippen LogP contribution in [0.25, 0.3) is 21.7 Å². The molecule has 1 aliphatic heterocycles. The lowest BCUT2D eigenvalue weighted by Crippen LogP contribution is -2.36. The van der Waals surface area contributed by atoms with E-state index in [1.54, 1.807) is 26.4 Å². The zero-order chi connectivity index (χ0) is 22.1. The zero-order valence-electron chi connectivity index (χ0n) is 17.5. The number of anilines is 1. The summed E-state index contributed by atoms with van der Waals surface area (Å²) < 4.78 is 23.5. The average molecular weight is 456 g/mol. The van der Waals surface area contributed by atoms with Crippen molar-refractivity contribution in [1.29, 1.82) is 0 Å². The van der Waals surface area contributed by atoms with Crippen molar-refractivity contribution in [2.75, 3.05) is 45.4 Å². The number of ether oxygens (including phenoxy) is 3. The number of methoxy groups -OCH3 is 2. The van der Waals surface area contributed by atoms with E-state index < -0.39 is 0 Å². The van der Waals surface area contributed by atoms with Crippen LogP contribution in [0.1, 0.15) is 5.89 Å². The Hall–Kier alpha value is -3.51. The highest BCUT2D eigenvalue weighted by Gasteiger charge is 2.20. The Bertz CT molecular complexity index is 1310. The summed E-state index contributed by atoms with van der Waals surface area (Å²) in [6, 6.07) is 5.40. The first-order valence-corrected chi connectivity index (χ1v) is 10.7. The predicted octanol–water partition coefficient (Wildman–Crippen LogP) is 1.81. The summed E-state index contributed by atoms with van der Waals surface area (Å²) in [6.07, 6.45) is 1.45. The smallest absolute Gasteiger partial charge is 0.273 e. The molecule has 12 heteroatoms. The van der Waals surface area contributed by atoms with Gasteiger partial charge in [-0.3, -0.25) is 9.36 Å².